The number of amides is 1. The zero-order chi connectivity index (χ0) is 13.1. The zero-order valence-corrected chi connectivity index (χ0v) is 11.2. The molecule has 1 amide bonds. The van der Waals surface area contributed by atoms with Gasteiger partial charge in [-0.1, -0.05) is 19.1 Å². The molecule has 0 saturated heterocycles. The number of benzene rings is 1. The fraction of sp³-hybridized carbons (Fsp3) is 0.500. The first-order valence-electron chi connectivity index (χ1n) is 5.99. The lowest BCUT2D eigenvalue weighted by Crippen LogP contribution is -2.44. The molecule has 3 heteroatoms. The van der Waals surface area contributed by atoms with Crippen LogP contribution in [0.2, 0.25) is 0 Å². The highest BCUT2D eigenvalue weighted by molar-refractivity contribution is 5.94. The summed E-state index contributed by atoms with van der Waals surface area (Å²) in [7, 11) is 1.85. The van der Waals surface area contributed by atoms with Gasteiger partial charge >= 0.3 is 0 Å². The van der Waals surface area contributed by atoms with E-state index in [0.29, 0.717) is 12.1 Å². The lowest BCUT2D eigenvalue weighted by molar-refractivity contribution is 0.0620. The van der Waals surface area contributed by atoms with Crippen LogP contribution in [-0.2, 0) is 6.54 Å². The van der Waals surface area contributed by atoms with Crippen LogP contribution in [0, 0.1) is 0 Å². The third-order valence-electron chi connectivity index (χ3n) is 3.49. The largest absolute Gasteiger partial charge is 0.337 e. The third-order valence-corrected chi connectivity index (χ3v) is 3.49. The standard InChI is InChI=1S/C14H22N2O/c1-5-14(2,3)16(4)13(17)12-8-6-7-11(9-12)10-15/h6-9H,5,10,15H2,1-4H3. The molecule has 0 atom stereocenters. The molecule has 0 aliphatic rings. The van der Waals surface area contributed by atoms with Crippen molar-refractivity contribution in [2.24, 2.45) is 5.73 Å². The molecule has 0 unspecified atom stereocenters. The maximum Gasteiger partial charge on any atom is 0.254 e. The summed E-state index contributed by atoms with van der Waals surface area (Å²) in [5.41, 5.74) is 7.14. The second-order valence-electron chi connectivity index (χ2n) is 4.93. The zero-order valence-electron chi connectivity index (χ0n) is 11.2. The lowest BCUT2D eigenvalue weighted by atomic mass is 9.98. The van der Waals surface area contributed by atoms with E-state index in [1.54, 1.807) is 4.90 Å². The summed E-state index contributed by atoms with van der Waals surface area (Å²) >= 11 is 0. The van der Waals surface area contributed by atoms with Gasteiger partial charge in [0.05, 0.1) is 0 Å². The highest BCUT2D eigenvalue weighted by Gasteiger charge is 2.26. The molecule has 3 nitrogen and oxygen atoms in total. The van der Waals surface area contributed by atoms with Crippen LogP contribution in [0.5, 0.6) is 0 Å². The van der Waals surface area contributed by atoms with E-state index < -0.39 is 0 Å². The van der Waals surface area contributed by atoms with Crippen LogP contribution in [0.3, 0.4) is 0 Å². The van der Waals surface area contributed by atoms with E-state index >= 15 is 0 Å². The first-order valence-corrected chi connectivity index (χ1v) is 5.99. The normalized spacial score (nSPS) is 11.4. The Morgan fingerprint density at radius 3 is 2.59 bits per heavy atom. The predicted molar refractivity (Wildman–Crippen MR) is 70.8 cm³/mol. The minimum Gasteiger partial charge on any atom is -0.337 e. The van der Waals surface area contributed by atoms with Crippen LogP contribution < -0.4 is 5.73 Å². The van der Waals surface area contributed by atoms with E-state index in [4.69, 9.17) is 5.73 Å². The van der Waals surface area contributed by atoms with Crippen LogP contribution in [0.1, 0.15) is 43.1 Å². The Morgan fingerprint density at radius 2 is 2.06 bits per heavy atom. The Hall–Kier alpha value is -1.35. The van der Waals surface area contributed by atoms with Crippen LogP contribution in [0.4, 0.5) is 0 Å². The van der Waals surface area contributed by atoms with Crippen LogP contribution in [0.15, 0.2) is 24.3 Å². The average molecular weight is 234 g/mol. The fourth-order valence-electron chi connectivity index (χ4n) is 1.54. The molecule has 0 saturated carbocycles. The molecule has 17 heavy (non-hydrogen) atoms. The highest BCUT2D eigenvalue weighted by atomic mass is 16.2. The van der Waals surface area contributed by atoms with Crippen LogP contribution in [-0.4, -0.2) is 23.4 Å². The Bertz CT molecular complexity index is 399. The fourth-order valence-corrected chi connectivity index (χ4v) is 1.54. The van der Waals surface area contributed by atoms with Gasteiger partial charge in [0.2, 0.25) is 0 Å². The van der Waals surface area contributed by atoms with Gasteiger partial charge in [-0.15, -0.1) is 0 Å². The van der Waals surface area contributed by atoms with Crippen molar-refractivity contribution in [2.45, 2.75) is 39.3 Å². The minimum atomic E-state index is -0.129. The van der Waals surface area contributed by atoms with Gasteiger partial charge in [0.25, 0.3) is 5.91 Å². The van der Waals surface area contributed by atoms with Crippen molar-refractivity contribution in [1.82, 2.24) is 4.90 Å². The van der Waals surface area contributed by atoms with E-state index in [2.05, 4.69) is 20.8 Å². The number of nitrogens with zero attached hydrogens (tertiary/aromatic N) is 1. The molecular weight excluding hydrogens is 212 g/mol. The molecule has 0 fully saturated rings. The van der Waals surface area contributed by atoms with Crippen molar-refractivity contribution in [3.63, 3.8) is 0 Å². The SMILES string of the molecule is CCC(C)(C)N(C)C(=O)c1cccc(CN)c1. The number of carbonyl (C=O) groups excluding carboxylic acids is 1. The minimum absolute atomic E-state index is 0.0483. The van der Waals surface area contributed by atoms with Crippen molar-refractivity contribution in [3.8, 4) is 0 Å². The van der Waals surface area contributed by atoms with Gasteiger partial charge in [-0.3, -0.25) is 4.79 Å². The van der Waals surface area contributed by atoms with Gasteiger partial charge in [-0.05, 0) is 38.0 Å². The molecule has 94 valence electrons. The van der Waals surface area contributed by atoms with Crippen molar-refractivity contribution < 1.29 is 4.79 Å². The summed E-state index contributed by atoms with van der Waals surface area (Å²) in [6.45, 7) is 6.68. The number of hydrogen-bond acceptors (Lipinski definition) is 2. The summed E-state index contributed by atoms with van der Waals surface area (Å²) in [6.07, 6.45) is 0.922. The van der Waals surface area contributed by atoms with Gasteiger partial charge < -0.3 is 10.6 Å². The number of hydrogen-bond donors (Lipinski definition) is 1. The maximum atomic E-state index is 12.3. The summed E-state index contributed by atoms with van der Waals surface area (Å²) in [4.78, 5) is 14.1. The molecule has 1 aromatic carbocycles. The quantitative estimate of drug-likeness (QED) is 0.869. The van der Waals surface area contributed by atoms with E-state index in [-0.39, 0.29) is 11.4 Å². The molecule has 1 aromatic rings. The first kappa shape index (κ1) is 13.7. The molecule has 0 aromatic heterocycles. The topological polar surface area (TPSA) is 46.3 Å². The number of rotatable bonds is 4. The smallest absolute Gasteiger partial charge is 0.254 e. The molecule has 0 radical (unpaired) electrons. The first-order chi connectivity index (χ1) is 7.92. The predicted octanol–water partition coefficient (Wildman–Crippen LogP) is 2.41. The molecule has 0 aliphatic heterocycles. The molecule has 0 aliphatic carbocycles. The summed E-state index contributed by atoms with van der Waals surface area (Å²) in [5.74, 6) is 0.0483. The number of nitrogens with two attached hydrogens (primary N) is 1. The van der Waals surface area contributed by atoms with Crippen LogP contribution >= 0.6 is 0 Å². The van der Waals surface area contributed by atoms with Gasteiger partial charge in [-0.25, -0.2) is 0 Å². The van der Waals surface area contributed by atoms with Crippen LogP contribution in [0.25, 0.3) is 0 Å². The highest BCUT2D eigenvalue weighted by Crippen LogP contribution is 2.19. The van der Waals surface area contributed by atoms with E-state index in [0.717, 1.165) is 12.0 Å². The third kappa shape index (κ3) is 3.07. The van der Waals surface area contributed by atoms with Gasteiger partial charge in [0, 0.05) is 24.7 Å². The Balaban J connectivity index is 2.96. The molecule has 0 bridgehead atoms. The van der Waals surface area contributed by atoms with E-state index in [1.807, 2.05) is 31.3 Å². The molecule has 0 spiro atoms. The Labute approximate surface area is 104 Å². The second kappa shape index (κ2) is 5.32. The van der Waals surface area contributed by atoms with Gasteiger partial charge in [-0.2, -0.15) is 0 Å². The van der Waals surface area contributed by atoms with Crippen molar-refractivity contribution >= 4 is 5.91 Å². The molecular formula is C14H22N2O. The number of carbonyl (C=O) groups is 1. The van der Waals surface area contributed by atoms with Gasteiger partial charge in [0.1, 0.15) is 0 Å². The van der Waals surface area contributed by atoms with E-state index in [1.165, 1.54) is 0 Å². The van der Waals surface area contributed by atoms with Gasteiger partial charge in [0.15, 0.2) is 0 Å². The molecule has 2 N–H and O–H groups in total. The lowest BCUT2D eigenvalue weighted by Gasteiger charge is -2.35. The molecule has 1 rings (SSSR count). The summed E-state index contributed by atoms with van der Waals surface area (Å²) in [5, 5.41) is 0. The van der Waals surface area contributed by atoms with E-state index in [9.17, 15) is 4.79 Å². The van der Waals surface area contributed by atoms with Crippen molar-refractivity contribution in [1.29, 1.82) is 0 Å². The maximum absolute atomic E-state index is 12.3. The molecule has 0 heterocycles. The van der Waals surface area contributed by atoms with Crippen molar-refractivity contribution in [2.75, 3.05) is 7.05 Å². The van der Waals surface area contributed by atoms with Crippen molar-refractivity contribution in [3.05, 3.63) is 35.4 Å². The monoisotopic (exact) mass is 234 g/mol. The second-order valence-corrected chi connectivity index (χ2v) is 4.93. The Kier molecular flexibility index (Phi) is 4.29. The Morgan fingerprint density at radius 1 is 1.41 bits per heavy atom. The average Bonchev–Trinajstić information content (AvgIpc) is 2.37. The summed E-state index contributed by atoms with van der Waals surface area (Å²) < 4.78 is 0. The summed E-state index contributed by atoms with van der Waals surface area (Å²) in [6, 6.07) is 7.51.